The molecule has 11 heteroatoms. The van der Waals surface area contributed by atoms with Crippen molar-refractivity contribution in [1.29, 1.82) is 0 Å². The zero-order chi connectivity index (χ0) is 22.1. The van der Waals surface area contributed by atoms with Gasteiger partial charge in [0, 0.05) is 0 Å². The predicted octanol–water partition coefficient (Wildman–Crippen LogP) is 3.02. The van der Waals surface area contributed by atoms with Gasteiger partial charge in [-0.1, -0.05) is 24.4 Å². The Labute approximate surface area is 174 Å². The van der Waals surface area contributed by atoms with Crippen LogP contribution >= 0.6 is 11.6 Å². The Morgan fingerprint density at radius 2 is 1.73 bits per heavy atom. The van der Waals surface area contributed by atoms with Crippen LogP contribution in [0.3, 0.4) is 0 Å². The lowest BCUT2D eigenvalue weighted by Gasteiger charge is -2.19. The fourth-order valence-electron chi connectivity index (χ4n) is 3.69. The number of anilines is 1. The van der Waals surface area contributed by atoms with Gasteiger partial charge >= 0.3 is 12.1 Å². The molecule has 0 aromatic heterocycles. The molecule has 1 heterocycles. The lowest BCUT2D eigenvalue weighted by molar-refractivity contribution is -0.154. The van der Waals surface area contributed by atoms with Crippen molar-refractivity contribution in [3.63, 3.8) is 0 Å². The summed E-state index contributed by atoms with van der Waals surface area (Å²) in [6.07, 6.45) is -1.74. The minimum atomic E-state index is -4.62. The number of carbonyl (C=O) groups excluding carboxylic acids is 4. The minimum Gasteiger partial charge on any atom is -0.454 e. The quantitative estimate of drug-likeness (QED) is 0.554. The van der Waals surface area contributed by atoms with E-state index in [1.54, 1.807) is 0 Å². The number of alkyl halides is 3. The van der Waals surface area contributed by atoms with Crippen LogP contribution in [0.1, 0.15) is 31.2 Å². The van der Waals surface area contributed by atoms with Crippen LogP contribution in [0.2, 0.25) is 5.02 Å². The van der Waals surface area contributed by atoms with Gasteiger partial charge in [-0.15, -0.1) is 0 Å². The molecule has 2 fully saturated rings. The highest BCUT2D eigenvalue weighted by Gasteiger charge is 2.48. The molecule has 0 radical (unpaired) electrons. The van der Waals surface area contributed by atoms with E-state index < -0.39 is 60.4 Å². The van der Waals surface area contributed by atoms with E-state index in [9.17, 15) is 32.3 Å². The van der Waals surface area contributed by atoms with Crippen LogP contribution in [-0.4, -0.2) is 41.7 Å². The van der Waals surface area contributed by atoms with Gasteiger partial charge in [0.25, 0.3) is 5.91 Å². The average Bonchev–Trinajstić information content (AvgIpc) is 2.92. The molecule has 3 rings (SSSR count). The van der Waals surface area contributed by atoms with Crippen molar-refractivity contribution in [3.8, 4) is 0 Å². The Hall–Kier alpha value is -2.62. The summed E-state index contributed by atoms with van der Waals surface area (Å²) < 4.78 is 43.1. The van der Waals surface area contributed by atoms with Crippen LogP contribution in [0, 0.1) is 11.8 Å². The second kappa shape index (κ2) is 8.63. The topological polar surface area (TPSA) is 92.8 Å². The van der Waals surface area contributed by atoms with E-state index in [1.807, 2.05) is 0 Å². The third-order valence-electron chi connectivity index (χ3n) is 5.15. The molecule has 1 saturated carbocycles. The Bertz CT molecular complexity index is 865. The summed E-state index contributed by atoms with van der Waals surface area (Å²) in [4.78, 5) is 49.4. The Balaban J connectivity index is 1.53. The molecule has 1 aromatic carbocycles. The highest BCUT2D eigenvalue weighted by Crippen LogP contribution is 2.38. The van der Waals surface area contributed by atoms with E-state index in [1.165, 1.54) is 0 Å². The van der Waals surface area contributed by atoms with Gasteiger partial charge in [-0.25, -0.2) is 0 Å². The molecule has 1 aliphatic carbocycles. The van der Waals surface area contributed by atoms with E-state index in [4.69, 9.17) is 16.3 Å². The highest BCUT2D eigenvalue weighted by atomic mass is 35.5. The standard InChI is InChI=1S/C19H18ClF3N2O5/c20-13-6-5-10(19(21,22)23)7-14(13)24-15(26)9-30-16(27)8-25-17(28)11-3-1-2-4-12(11)18(25)29/h5-7,11-12H,1-4,8-9H2,(H,24,26)/t11-,12+. The number of hydrogen-bond donors (Lipinski definition) is 1. The number of halogens is 4. The molecular weight excluding hydrogens is 429 g/mol. The number of benzene rings is 1. The van der Waals surface area contributed by atoms with Gasteiger partial charge < -0.3 is 10.1 Å². The third kappa shape index (κ3) is 4.75. The number of likely N-dealkylation sites (tertiary alicyclic amines) is 1. The van der Waals surface area contributed by atoms with Gasteiger partial charge in [0.1, 0.15) is 6.54 Å². The van der Waals surface area contributed by atoms with Gasteiger partial charge in [0.15, 0.2) is 6.61 Å². The van der Waals surface area contributed by atoms with Crippen LogP contribution in [-0.2, 0) is 30.1 Å². The number of rotatable bonds is 5. The van der Waals surface area contributed by atoms with E-state index >= 15 is 0 Å². The van der Waals surface area contributed by atoms with Crippen molar-refractivity contribution < 1.29 is 37.1 Å². The number of carbonyl (C=O) groups is 4. The second-order valence-corrected chi connectivity index (χ2v) is 7.57. The van der Waals surface area contributed by atoms with Crippen molar-refractivity contribution in [2.75, 3.05) is 18.5 Å². The number of imide groups is 1. The van der Waals surface area contributed by atoms with Gasteiger partial charge in [-0.3, -0.25) is 24.1 Å². The number of esters is 1. The molecule has 30 heavy (non-hydrogen) atoms. The first-order valence-electron chi connectivity index (χ1n) is 9.25. The van der Waals surface area contributed by atoms with Crippen LogP contribution in [0.15, 0.2) is 18.2 Å². The molecule has 2 atom stereocenters. The maximum absolute atomic E-state index is 12.8. The molecule has 0 bridgehead atoms. The van der Waals surface area contributed by atoms with Crippen LogP contribution in [0.25, 0.3) is 0 Å². The van der Waals surface area contributed by atoms with Gasteiger partial charge in [-0.2, -0.15) is 13.2 Å². The molecule has 162 valence electrons. The molecule has 0 unspecified atom stereocenters. The number of fused-ring (bicyclic) bond motifs is 1. The summed E-state index contributed by atoms with van der Waals surface area (Å²) in [6, 6.07) is 2.40. The summed E-state index contributed by atoms with van der Waals surface area (Å²) in [5.74, 6) is -3.54. The highest BCUT2D eigenvalue weighted by molar-refractivity contribution is 6.33. The molecule has 0 spiro atoms. The molecule has 7 nitrogen and oxygen atoms in total. The third-order valence-corrected chi connectivity index (χ3v) is 5.48. The SMILES string of the molecule is O=C(COC(=O)CN1C(=O)[C@H]2CCCC[C@H]2C1=O)Nc1cc(C(F)(F)F)ccc1Cl. The average molecular weight is 447 g/mol. The largest absolute Gasteiger partial charge is 0.454 e. The Morgan fingerprint density at radius 1 is 1.13 bits per heavy atom. The molecule has 2 aliphatic rings. The number of hydrogen-bond acceptors (Lipinski definition) is 5. The minimum absolute atomic E-state index is 0.126. The maximum atomic E-state index is 12.8. The maximum Gasteiger partial charge on any atom is 0.416 e. The molecule has 1 saturated heterocycles. The summed E-state index contributed by atoms with van der Waals surface area (Å²) in [5, 5.41) is 2.01. The molecule has 1 aromatic rings. The summed E-state index contributed by atoms with van der Waals surface area (Å²) >= 11 is 5.79. The molecule has 3 amide bonds. The monoisotopic (exact) mass is 446 g/mol. The number of amides is 3. The second-order valence-electron chi connectivity index (χ2n) is 7.16. The van der Waals surface area contributed by atoms with Gasteiger partial charge in [0.2, 0.25) is 11.8 Å². The fourth-order valence-corrected chi connectivity index (χ4v) is 3.86. The lowest BCUT2D eigenvalue weighted by Crippen LogP contribution is -2.37. The van der Waals surface area contributed by atoms with Crippen molar-refractivity contribution in [3.05, 3.63) is 28.8 Å². The van der Waals surface area contributed by atoms with Crippen LogP contribution in [0.4, 0.5) is 18.9 Å². The fraction of sp³-hybridized carbons (Fsp3) is 0.474. The normalized spacial score (nSPS) is 21.4. The zero-order valence-corrected chi connectivity index (χ0v) is 16.4. The van der Waals surface area contributed by atoms with Crippen molar-refractivity contribution in [2.45, 2.75) is 31.9 Å². The summed E-state index contributed by atoms with van der Waals surface area (Å²) in [7, 11) is 0. The molecule has 1 aliphatic heterocycles. The van der Waals surface area contributed by atoms with Crippen LogP contribution < -0.4 is 5.32 Å². The van der Waals surface area contributed by atoms with Gasteiger partial charge in [-0.05, 0) is 31.0 Å². The van der Waals surface area contributed by atoms with Gasteiger partial charge in [0.05, 0.1) is 28.1 Å². The number of nitrogens with one attached hydrogen (secondary N) is 1. The van der Waals surface area contributed by atoms with Crippen LogP contribution in [0.5, 0.6) is 0 Å². The first-order chi connectivity index (χ1) is 14.1. The number of ether oxygens (including phenoxy) is 1. The van der Waals surface area contributed by atoms with Crippen molar-refractivity contribution in [1.82, 2.24) is 4.90 Å². The van der Waals surface area contributed by atoms with E-state index in [0.717, 1.165) is 29.9 Å². The number of nitrogens with zero attached hydrogens (tertiary/aromatic N) is 1. The van der Waals surface area contributed by atoms with E-state index in [-0.39, 0.29) is 10.7 Å². The van der Waals surface area contributed by atoms with Crippen molar-refractivity contribution >= 4 is 41.0 Å². The Morgan fingerprint density at radius 3 is 2.30 bits per heavy atom. The van der Waals surface area contributed by atoms with Crippen molar-refractivity contribution in [2.24, 2.45) is 11.8 Å². The molecule has 1 N–H and O–H groups in total. The van der Waals surface area contributed by atoms with E-state index in [2.05, 4.69) is 5.32 Å². The summed E-state index contributed by atoms with van der Waals surface area (Å²) in [5.41, 5.74) is -1.30. The smallest absolute Gasteiger partial charge is 0.416 e. The Kier molecular flexibility index (Phi) is 6.35. The summed E-state index contributed by atoms with van der Waals surface area (Å²) in [6.45, 7) is -1.42. The first-order valence-corrected chi connectivity index (χ1v) is 9.63. The lowest BCUT2D eigenvalue weighted by atomic mass is 9.81. The first kappa shape index (κ1) is 22.1. The van der Waals surface area contributed by atoms with E-state index in [0.29, 0.717) is 18.9 Å². The molecular formula is C19H18ClF3N2O5. The zero-order valence-electron chi connectivity index (χ0n) is 15.6. The predicted molar refractivity (Wildman–Crippen MR) is 98.2 cm³/mol.